The van der Waals surface area contributed by atoms with Gasteiger partial charge in [0, 0.05) is 18.2 Å². The van der Waals surface area contributed by atoms with Crippen LogP contribution in [0.4, 0.5) is 18.9 Å². The van der Waals surface area contributed by atoms with Gasteiger partial charge in [0.1, 0.15) is 0 Å². The zero-order valence-corrected chi connectivity index (χ0v) is 10.5. The summed E-state index contributed by atoms with van der Waals surface area (Å²) in [5, 5.41) is 11.5. The average Bonchev–Trinajstić information content (AvgIpc) is 2.27. The quantitative estimate of drug-likeness (QED) is 0.831. The molecule has 1 aromatic carbocycles. The first-order chi connectivity index (χ1) is 8.79. The van der Waals surface area contributed by atoms with E-state index in [1.807, 2.05) is 6.92 Å². The highest BCUT2D eigenvalue weighted by Gasteiger charge is 2.29. The fourth-order valence-electron chi connectivity index (χ4n) is 1.67. The molecule has 0 aliphatic heterocycles. The van der Waals surface area contributed by atoms with Crippen LogP contribution in [0.2, 0.25) is 0 Å². The number of carboxylic acids is 1. The number of carbonyl (C=O) groups is 1. The Morgan fingerprint density at radius 1 is 1.32 bits per heavy atom. The van der Waals surface area contributed by atoms with Crippen LogP contribution >= 0.6 is 0 Å². The lowest BCUT2D eigenvalue weighted by Crippen LogP contribution is -2.15. The molecule has 0 bridgehead atoms. The molecule has 0 saturated heterocycles. The lowest BCUT2D eigenvalue weighted by Gasteiger charge is -2.15. The van der Waals surface area contributed by atoms with Gasteiger partial charge in [0.25, 0.3) is 0 Å². The van der Waals surface area contributed by atoms with Crippen LogP contribution in [0.5, 0.6) is 0 Å². The van der Waals surface area contributed by atoms with Gasteiger partial charge in [-0.1, -0.05) is 0 Å². The topological polar surface area (TPSA) is 49.3 Å². The average molecular weight is 275 g/mol. The second-order valence-electron chi connectivity index (χ2n) is 4.41. The summed E-state index contributed by atoms with van der Waals surface area (Å²) < 4.78 is 37.0. The van der Waals surface area contributed by atoms with E-state index in [1.165, 1.54) is 12.1 Å². The van der Waals surface area contributed by atoms with Crippen molar-refractivity contribution in [2.75, 3.05) is 5.32 Å². The molecule has 3 nitrogen and oxygen atoms in total. The number of rotatable bonds is 6. The first kappa shape index (κ1) is 15.3. The molecule has 0 radical (unpaired) electrons. The minimum absolute atomic E-state index is 0.0103. The molecule has 0 amide bonds. The van der Waals surface area contributed by atoms with Crippen molar-refractivity contribution in [2.45, 2.75) is 38.4 Å². The number of alkyl halides is 3. The summed E-state index contributed by atoms with van der Waals surface area (Å²) in [6.07, 6.45) is -3.05. The molecule has 0 aromatic heterocycles. The highest BCUT2D eigenvalue weighted by molar-refractivity contribution is 5.66. The number of nitrogens with one attached hydrogen (secondary N) is 1. The van der Waals surface area contributed by atoms with Crippen molar-refractivity contribution in [3.8, 4) is 0 Å². The Kier molecular flexibility index (Phi) is 5.20. The van der Waals surface area contributed by atoms with E-state index in [1.54, 1.807) is 0 Å². The Hall–Kier alpha value is -1.72. The van der Waals surface area contributed by atoms with Crippen molar-refractivity contribution in [2.24, 2.45) is 0 Å². The molecule has 0 heterocycles. The number of halogens is 3. The van der Waals surface area contributed by atoms with Crippen molar-refractivity contribution in [1.82, 2.24) is 0 Å². The number of aliphatic carboxylic acids is 1. The van der Waals surface area contributed by atoms with Crippen LogP contribution in [0.3, 0.4) is 0 Å². The van der Waals surface area contributed by atoms with Gasteiger partial charge in [0.2, 0.25) is 0 Å². The SMILES string of the molecule is CC(CCCC(=O)O)Nc1ccc(C(F)(F)F)cc1. The van der Waals surface area contributed by atoms with Crippen LogP contribution in [0.25, 0.3) is 0 Å². The Morgan fingerprint density at radius 3 is 2.37 bits per heavy atom. The van der Waals surface area contributed by atoms with E-state index >= 15 is 0 Å². The first-order valence-electron chi connectivity index (χ1n) is 5.94. The molecule has 0 spiro atoms. The van der Waals surface area contributed by atoms with Gasteiger partial charge in [-0.05, 0) is 44.0 Å². The second kappa shape index (κ2) is 6.45. The van der Waals surface area contributed by atoms with Gasteiger partial charge in [0.05, 0.1) is 5.56 Å². The Balaban J connectivity index is 2.47. The van der Waals surface area contributed by atoms with Crippen LogP contribution in [0.1, 0.15) is 31.7 Å². The largest absolute Gasteiger partial charge is 0.481 e. The zero-order chi connectivity index (χ0) is 14.5. The van der Waals surface area contributed by atoms with Crippen LogP contribution < -0.4 is 5.32 Å². The van der Waals surface area contributed by atoms with Crippen molar-refractivity contribution in [3.63, 3.8) is 0 Å². The molecule has 1 atom stereocenters. The number of hydrogen-bond donors (Lipinski definition) is 2. The first-order valence-corrected chi connectivity index (χ1v) is 5.94. The van der Waals surface area contributed by atoms with Gasteiger partial charge in [-0.15, -0.1) is 0 Å². The van der Waals surface area contributed by atoms with Crippen molar-refractivity contribution in [3.05, 3.63) is 29.8 Å². The van der Waals surface area contributed by atoms with E-state index in [9.17, 15) is 18.0 Å². The van der Waals surface area contributed by atoms with Gasteiger partial charge in [-0.25, -0.2) is 0 Å². The molecule has 6 heteroatoms. The third kappa shape index (κ3) is 5.63. The molecule has 1 unspecified atom stereocenters. The van der Waals surface area contributed by atoms with E-state index in [0.29, 0.717) is 18.5 Å². The standard InChI is InChI=1S/C13H16F3NO2/c1-9(3-2-4-12(18)19)17-11-7-5-10(6-8-11)13(14,15)16/h5-9,17H,2-4H2,1H3,(H,18,19). The van der Waals surface area contributed by atoms with E-state index in [0.717, 1.165) is 12.1 Å². The number of benzene rings is 1. The maximum atomic E-state index is 12.3. The lowest BCUT2D eigenvalue weighted by molar-refractivity contribution is -0.138. The van der Waals surface area contributed by atoms with Crippen molar-refractivity contribution in [1.29, 1.82) is 0 Å². The predicted octanol–water partition coefficient (Wildman–Crippen LogP) is 3.76. The highest BCUT2D eigenvalue weighted by Crippen LogP contribution is 2.29. The maximum Gasteiger partial charge on any atom is 0.416 e. The maximum absolute atomic E-state index is 12.3. The zero-order valence-electron chi connectivity index (χ0n) is 10.5. The summed E-state index contributed by atoms with van der Waals surface area (Å²) in [6, 6.07) is 4.79. The van der Waals surface area contributed by atoms with Gasteiger partial charge in [-0.2, -0.15) is 13.2 Å². The molecule has 19 heavy (non-hydrogen) atoms. The minimum atomic E-state index is -4.33. The Morgan fingerprint density at radius 2 is 1.89 bits per heavy atom. The van der Waals surface area contributed by atoms with Gasteiger partial charge in [0.15, 0.2) is 0 Å². The minimum Gasteiger partial charge on any atom is -0.481 e. The van der Waals surface area contributed by atoms with E-state index in [4.69, 9.17) is 5.11 Å². The number of hydrogen-bond acceptors (Lipinski definition) is 2. The van der Waals surface area contributed by atoms with Crippen molar-refractivity contribution < 1.29 is 23.1 Å². The molecule has 1 rings (SSSR count). The fourth-order valence-corrected chi connectivity index (χ4v) is 1.67. The third-order valence-electron chi connectivity index (χ3n) is 2.65. The second-order valence-corrected chi connectivity index (χ2v) is 4.41. The summed E-state index contributed by atoms with van der Waals surface area (Å²) in [4.78, 5) is 10.3. The van der Waals surface area contributed by atoms with E-state index in [2.05, 4.69) is 5.32 Å². The van der Waals surface area contributed by atoms with Crippen LogP contribution in [0, 0.1) is 0 Å². The van der Waals surface area contributed by atoms with Crippen LogP contribution in [-0.4, -0.2) is 17.1 Å². The lowest BCUT2D eigenvalue weighted by atomic mass is 10.1. The van der Waals surface area contributed by atoms with Crippen LogP contribution in [-0.2, 0) is 11.0 Å². The normalized spacial score (nSPS) is 13.1. The molecule has 106 valence electrons. The fraction of sp³-hybridized carbons (Fsp3) is 0.462. The van der Waals surface area contributed by atoms with E-state index < -0.39 is 17.7 Å². The van der Waals surface area contributed by atoms with Gasteiger partial charge >= 0.3 is 12.1 Å². The Bertz CT molecular complexity index is 415. The monoisotopic (exact) mass is 275 g/mol. The molecule has 0 fully saturated rings. The summed E-state index contributed by atoms with van der Waals surface area (Å²) in [6.45, 7) is 1.86. The molecule has 0 saturated carbocycles. The number of carboxylic acid groups (broad SMARTS) is 1. The van der Waals surface area contributed by atoms with Gasteiger partial charge < -0.3 is 10.4 Å². The molecule has 0 aliphatic rings. The molecule has 2 N–H and O–H groups in total. The third-order valence-corrected chi connectivity index (χ3v) is 2.65. The summed E-state index contributed by atoms with van der Waals surface area (Å²) in [7, 11) is 0. The Labute approximate surface area is 109 Å². The smallest absolute Gasteiger partial charge is 0.416 e. The molecular weight excluding hydrogens is 259 g/mol. The molecular formula is C13H16F3NO2. The summed E-state index contributed by atoms with van der Waals surface area (Å²) in [5.74, 6) is -0.846. The molecule has 0 aliphatic carbocycles. The van der Waals surface area contributed by atoms with Crippen LogP contribution in [0.15, 0.2) is 24.3 Å². The summed E-state index contributed by atoms with van der Waals surface area (Å²) in [5.41, 5.74) is -0.0904. The molecule has 1 aromatic rings. The van der Waals surface area contributed by atoms with E-state index in [-0.39, 0.29) is 12.5 Å². The predicted molar refractivity (Wildman–Crippen MR) is 66.0 cm³/mol. The summed E-state index contributed by atoms with van der Waals surface area (Å²) >= 11 is 0. The highest BCUT2D eigenvalue weighted by atomic mass is 19.4. The van der Waals surface area contributed by atoms with Crippen molar-refractivity contribution >= 4 is 11.7 Å². The van der Waals surface area contributed by atoms with Gasteiger partial charge in [-0.3, -0.25) is 4.79 Å². The number of anilines is 1.